The van der Waals surface area contributed by atoms with Crippen LogP contribution in [0.5, 0.6) is 0 Å². The van der Waals surface area contributed by atoms with E-state index in [1.54, 1.807) is 0 Å². The zero-order valence-electron chi connectivity index (χ0n) is 56.3. The molecule has 442 valence electrons. The number of aryl methyl sites for hydroxylation is 5. The van der Waals surface area contributed by atoms with Crippen LogP contribution in [0.25, 0.3) is 33.1 Å². The maximum Gasteiger partial charge on any atom is 0.238 e. The lowest BCUT2D eigenvalue weighted by Crippen LogP contribution is -2.48. The third-order valence-corrected chi connectivity index (χ3v) is 17.1. The van der Waals surface area contributed by atoms with Crippen molar-refractivity contribution in [2.45, 2.75) is 192 Å². The first-order valence-corrected chi connectivity index (χ1v) is 31.2. The smallest absolute Gasteiger partial charge is 0.238 e. The van der Waals surface area contributed by atoms with E-state index in [4.69, 9.17) is 4.42 Å². The SMILES string of the molecule is C/C=C/C(=C\C(C)=C(/Cc1ccc(C(C)(C)C)cc1)B(c1cc(C(C)(C)C)ccc1C)c1cc(C(C)(C)C)ccc1C)Cc1ccccc1.Cc1ccc(C(C)(C)C)cc1-c1ccc(C(C)(C)C)cc1.Cc1cccc2c1oc1c(C)cccc12. The van der Waals surface area contributed by atoms with Gasteiger partial charge in [0.2, 0.25) is 6.71 Å². The summed E-state index contributed by atoms with van der Waals surface area (Å²) in [5.74, 6) is 0. The summed E-state index contributed by atoms with van der Waals surface area (Å²) in [5.41, 5.74) is 28.3. The zero-order valence-corrected chi connectivity index (χ0v) is 56.3. The molecule has 0 saturated carbocycles. The molecule has 0 atom stereocenters. The first-order chi connectivity index (χ1) is 39.7. The summed E-state index contributed by atoms with van der Waals surface area (Å²) in [6.07, 6.45) is 8.71. The average Bonchev–Trinajstić information content (AvgIpc) is 3.34. The van der Waals surface area contributed by atoms with Crippen molar-refractivity contribution in [3.63, 3.8) is 0 Å². The number of hydrogen-bond donors (Lipinski definition) is 0. The normalized spacial score (nSPS) is 12.9. The van der Waals surface area contributed by atoms with E-state index in [2.05, 4.69) is 340 Å². The summed E-state index contributed by atoms with van der Waals surface area (Å²) >= 11 is 0. The van der Waals surface area contributed by atoms with Crippen molar-refractivity contribution in [1.29, 1.82) is 0 Å². The number of hydrogen-bond acceptors (Lipinski definition) is 1. The lowest BCUT2D eigenvalue weighted by molar-refractivity contribution is 0.589. The molecule has 0 radical (unpaired) electrons. The highest BCUT2D eigenvalue weighted by atomic mass is 16.3. The van der Waals surface area contributed by atoms with Crippen molar-refractivity contribution in [3.8, 4) is 11.1 Å². The fourth-order valence-corrected chi connectivity index (χ4v) is 11.4. The van der Waals surface area contributed by atoms with Crippen LogP contribution in [0.3, 0.4) is 0 Å². The summed E-state index contributed by atoms with van der Waals surface area (Å²) in [6.45, 7) is 50.0. The first kappa shape index (κ1) is 65.4. The molecule has 0 bridgehead atoms. The molecule has 0 aliphatic heterocycles. The molecule has 0 unspecified atom stereocenters. The largest absolute Gasteiger partial charge is 0.456 e. The van der Waals surface area contributed by atoms with Crippen LogP contribution in [0.2, 0.25) is 0 Å². The number of furan rings is 1. The van der Waals surface area contributed by atoms with E-state index < -0.39 is 0 Å². The quantitative estimate of drug-likeness (QED) is 0.0983. The summed E-state index contributed by atoms with van der Waals surface area (Å²) in [5, 5.41) is 2.43. The van der Waals surface area contributed by atoms with Crippen LogP contribution in [0, 0.1) is 34.6 Å². The minimum absolute atomic E-state index is 0.0473. The van der Waals surface area contributed by atoms with Gasteiger partial charge in [-0.3, -0.25) is 0 Å². The van der Waals surface area contributed by atoms with Crippen molar-refractivity contribution in [3.05, 3.63) is 271 Å². The van der Waals surface area contributed by atoms with Gasteiger partial charge in [0.1, 0.15) is 11.2 Å². The van der Waals surface area contributed by atoms with E-state index in [-0.39, 0.29) is 33.8 Å². The van der Waals surface area contributed by atoms with Crippen LogP contribution in [0.1, 0.15) is 184 Å². The predicted molar refractivity (Wildman–Crippen MR) is 377 cm³/mol. The Balaban J connectivity index is 0.000000231. The standard InChI is InChI=1S/C48H61B.C21H28.C14H12O/c1-14-18-39(30-37-19-16-15-17-20-37)29-36(4)43(31-38-23-27-40(28-24-38)46(5,6)7)49(44-32-41(47(8,9)10)25-21-34(44)2)45-33-42(48(11,12)13)26-22-35(45)3;1-15-8-11-18(21(5,6)7)14-19(15)16-9-12-17(13-10-16)20(2,3)4;1-9-5-3-7-11-12-8-4-6-10(2)14(12)15-13(9)11/h14-29,32-33H,30-31H2,1-13H3;8-14H,1-7H3;3-8H,1-2H3/b18-14+,39-29+,43-36+;;. The molecule has 1 nitrogen and oxygen atoms in total. The van der Waals surface area contributed by atoms with E-state index in [0.717, 1.165) is 24.0 Å². The zero-order chi connectivity index (χ0) is 62.4. The highest BCUT2D eigenvalue weighted by Crippen LogP contribution is 2.35. The number of benzene rings is 8. The molecule has 0 spiro atoms. The van der Waals surface area contributed by atoms with Gasteiger partial charge in [-0.05, 0) is 161 Å². The van der Waals surface area contributed by atoms with Crippen LogP contribution in [-0.4, -0.2) is 6.71 Å². The molecule has 0 saturated heterocycles. The Hall–Kier alpha value is -7.16. The molecule has 0 N–H and O–H groups in total. The first-order valence-electron chi connectivity index (χ1n) is 31.2. The van der Waals surface area contributed by atoms with Crippen molar-refractivity contribution < 1.29 is 4.42 Å². The summed E-state index contributed by atoms with van der Waals surface area (Å²) in [6, 6.07) is 63.1. The molecule has 2 heteroatoms. The second-order valence-electron chi connectivity index (χ2n) is 29.4. The van der Waals surface area contributed by atoms with Gasteiger partial charge in [-0.2, -0.15) is 0 Å². The molecule has 1 heterocycles. The van der Waals surface area contributed by atoms with E-state index in [1.807, 2.05) is 0 Å². The molecular weight excluding hydrogens is 1020 g/mol. The number of para-hydroxylation sites is 2. The Kier molecular flexibility index (Phi) is 20.5. The second kappa shape index (κ2) is 26.6. The van der Waals surface area contributed by atoms with Crippen molar-refractivity contribution in [2.24, 2.45) is 0 Å². The van der Waals surface area contributed by atoms with Gasteiger partial charge < -0.3 is 4.42 Å². The molecule has 85 heavy (non-hydrogen) atoms. The summed E-state index contributed by atoms with van der Waals surface area (Å²) < 4.78 is 5.91. The highest BCUT2D eigenvalue weighted by molar-refractivity contribution is 6.91. The maximum absolute atomic E-state index is 5.91. The molecular formula is C83H101BO. The maximum atomic E-state index is 5.91. The average molecular weight is 1130 g/mol. The molecule has 9 rings (SSSR count). The van der Waals surface area contributed by atoms with Crippen LogP contribution in [0.15, 0.2) is 209 Å². The van der Waals surface area contributed by atoms with Gasteiger partial charge in [-0.1, -0.05) is 325 Å². The van der Waals surface area contributed by atoms with Gasteiger partial charge >= 0.3 is 0 Å². The lowest BCUT2D eigenvalue weighted by Gasteiger charge is -2.29. The molecule has 0 aliphatic carbocycles. The van der Waals surface area contributed by atoms with Gasteiger partial charge in [0, 0.05) is 10.8 Å². The van der Waals surface area contributed by atoms with E-state index in [0.29, 0.717) is 0 Å². The third-order valence-electron chi connectivity index (χ3n) is 17.1. The minimum atomic E-state index is 0.0473. The predicted octanol–water partition coefficient (Wildman–Crippen LogP) is 22.1. The highest BCUT2D eigenvalue weighted by Gasteiger charge is 2.31. The third kappa shape index (κ3) is 16.6. The van der Waals surface area contributed by atoms with Crippen molar-refractivity contribution in [2.75, 3.05) is 0 Å². The Labute approximate surface area is 515 Å². The fraction of sp³-hybridized carbons (Fsp3) is 0.349. The molecule has 0 amide bonds. The van der Waals surface area contributed by atoms with Gasteiger partial charge in [0.25, 0.3) is 0 Å². The molecule has 1 aromatic heterocycles. The Morgan fingerprint density at radius 2 is 0.800 bits per heavy atom. The van der Waals surface area contributed by atoms with Gasteiger partial charge in [0.15, 0.2) is 0 Å². The Morgan fingerprint density at radius 3 is 1.24 bits per heavy atom. The fourth-order valence-electron chi connectivity index (χ4n) is 11.4. The monoisotopic (exact) mass is 1120 g/mol. The lowest BCUT2D eigenvalue weighted by atomic mass is 9.33. The van der Waals surface area contributed by atoms with Gasteiger partial charge in [0.05, 0.1) is 0 Å². The van der Waals surface area contributed by atoms with Crippen LogP contribution >= 0.6 is 0 Å². The second-order valence-corrected chi connectivity index (χ2v) is 29.4. The molecule has 0 fully saturated rings. The van der Waals surface area contributed by atoms with Crippen molar-refractivity contribution in [1.82, 2.24) is 0 Å². The summed E-state index contributed by atoms with van der Waals surface area (Å²) in [7, 11) is 0. The van der Waals surface area contributed by atoms with E-state index >= 15 is 0 Å². The van der Waals surface area contributed by atoms with Crippen LogP contribution in [-0.2, 0) is 39.9 Å². The number of allylic oxidation sites excluding steroid dienone is 6. The van der Waals surface area contributed by atoms with Gasteiger partial charge in [-0.15, -0.1) is 0 Å². The molecule has 8 aromatic carbocycles. The molecule has 9 aromatic rings. The molecule has 0 aliphatic rings. The van der Waals surface area contributed by atoms with Crippen molar-refractivity contribution >= 4 is 39.6 Å². The number of fused-ring (bicyclic) bond motifs is 3. The summed E-state index contributed by atoms with van der Waals surface area (Å²) in [4.78, 5) is 0. The van der Waals surface area contributed by atoms with E-state index in [9.17, 15) is 0 Å². The topological polar surface area (TPSA) is 13.1 Å². The Bertz CT molecular complexity index is 3700. The van der Waals surface area contributed by atoms with Crippen LogP contribution < -0.4 is 10.9 Å². The number of rotatable bonds is 10. The Morgan fingerprint density at radius 1 is 0.400 bits per heavy atom. The minimum Gasteiger partial charge on any atom is -0.456 e. The van der Waals surface area contributed by atoms with E-state index in [1.165, 1.54) is 116 Å². The van der Waals surface area contributed by atoms with Crippen LogP contribution in [0.4, 0.5) is 0 Å². The van der Waals surface area contributed by atoms with Gasteiger partial charge in [-0.25, -0.2) is 0 Å².